The van der Waals surface area contributed by atoms with Crippen LogP contribution in [0.2, 0.25) is 0 Å². The SMILES string of the molecule is CCC(Nc1nc(Nc2cccc(C)c2)c(C(N)=O)c(=O)[nH]1)C(N)=O. The quantitative estimate of drug-likeness (QED) is 0.495. The van der Waals surface area contributed by atoms with Gasteiger partial charge in [0.2, 0.25) is 11.9 Å². The molecule has 9 heteroatoms. The minimum atomic E-state index is -0.919. The fraction of sp³-hybridized carbons (Fsp3) is 0.250. The second-order valence-electron chi connectivity index (χ2n) is 5.50. The van der Waals surface area contributed by atoms with Crippen LogP contribution in [0.4, 0.5) is 17.5 Å². The zero-order chi connectivity index (χ0) is 18.6. The second kappa shape index (κ2) is 7.47. The smallest absolute Gasteiger partial charge is 0.267 e. The predicted molar refractivity (Wildman–Crippen MR) is 94.7 cm³/mol. The first-order valence-corrected chi connectivity index (χ1v) is 7.65. The summed E-state index contributed by atoms with van der Waals surface area (Å²) < 4.78 is 0. The van der Waals surface area contributed by atoms with E-state index in [1.165, 1.54) is 0 Å². The van der Waals surface area contributed by atoms with Gasteiger partial charge in [0.15, 0.2) is 5.82 Å². The summed E-state index contributed by atoms with van der Waals surface area (Å²) in [6, 6.07) is 6.57. The Morgan fingerprint density at radius 1 is 1.32 bits per heavy atom. The molecule has 132 valence electrons. The molecule has 0 aliphatic carbocycles. The third kappa shape index (κ3) is 4.34. The summed E-state index contributed by atoms with van der Waals surface area (Å²) in [6.07, 6.45) is 0.400. The molecule has 2 aromatic rings. The lowest BCUT2D eigenvalue weighted by atomic mass is 10.2. The van der Waals surface area contributed by atoms with E-state index in [1.807, 2.05) is 25.1 Å². The third-order valence-electron chi connectivity index (χ3n) is 3.51. The maximum Gasteiger partial charge on any atom is 0.267 e. The molecule has 1 atom stereocenters. The highest BCUT2D eigenvalue weighted by molar-refractivity contribution is 5.98. The van der Waals surface area contributed by atoms with E-state index in [2.05, 4.69) is 20.6 Å². The molecule has 0 saturated heterocycles. The molecule has 1 aromatic heterocycles. The molecular formula is C16H20N6O3. The number of hydrogen-bond donors (Lipinski definition) is 5. The fourth-order valence-electron chi connectivity index (χ4n) is 2.26. The molecule has 0 bridgehead atoms. The number of amides is 2. The van der Waals surface area contributed by atoms with Crippen molar-refractivity contribution in [3.05, 3.63) is 45.7 Å². The molecule has 7 N–H and O–H groups in total. The van der Waals surface area contributed by atoms with Crippen LogP contribution in [-0.4, -0.2) is 27.8 Å². The lowest BCUT2D eigenvalue weighted by Crippen LogP contribution is -2.36. The predicted octanol–water partition coefficient (Wildman–Crippen LogP) is 0.597. The first kappa shape index (κ1) is 18.0. The van der Waals surface area contributed by atoms with E-state index in [0.29, 0.717) is 12.1 Å². The monoisotopic (exact) mass is 344 g/mol. The zero-order valence-electron chi connectivity index (χ0n) is 13.9. The average molecular weight is 344 g/mol. The van der Waals surface area contributed by atoms with E-state index >= 15 is 0 Å². The topological polar surface area (TPSA) is 156 Å². The number of carbonyl (C=O) groups excluding carboxylic acids is 2. The minimum Gasteiger partial charge on any atom is -0.368 e. The molecule has 2 rings (SSSR count). The first-order chi connectivity index (χ1) is 11.8. The van der Waals surface area contributed by atoms with Crippen molar-refractivity contribution in [3.63, 3.8) is 0 Å². The normalized spacial score (nSPS) is 11.6. The van der Waals surface area contributed by atoms with Crippen molar-refractivity contribution in [1.82, 2.24) is 9.97 Å². The van der Waals surface area contributed by atoms with E-state index in [-0.39, 0.29) is 17.3 Å². The number of nitrogens with one attached hydrogen (secondary N) is 3. The molecule has 2 amide bonds. The molecule has 0 radical (unpaired) electrons. The molecule has 1 unspecified atom stereocenters. The molecule has 9 nitrogen and oxygen atoms in total. The molecule has 0 saturated carbocycles. The number of nitrogens with two attached hydrogens (primary N) is 2. The number of aryl methyl sites for hydroxylation is 1. The Kier molecular flexibility index (Phi) is 5.38. The maximum absolute atomic E-state index is 12.2. The third-order valence-corrected chi connectivity index (χ3v) is 3.51. The van der Waals surface area contributed by atoms with Gasteiger partial charge in [-0.2, -0.15) is 4.98 Å². The van der Waals surface area contributed by atoms with Crippen LogP contribution in [0, 0.1) is 6.92 Å². The summed E-state index contributed by atoms with van der Waals surface area (Å²) in [5.41, 5.74) is 11.2. The van der Waals surface area contributed by atoms with Crippen LogP contribution in [0.15, 0.2) is 29.1 Å². The second-order valence-corrected chi connectivity index (χ2v) is 5.50. The van der Waals surface area contributed by atoms with Crippen LogP contribution in [0.5, 0.6) is 0 Å². The van der Waals surface area contributed by atoms with Gasteiger partial charge >= 0.3 is 0 Å². The summed E-state index contributed by atoms with van der Waals surface area (Å²) in [5.74, 6) is -1.51. The Morgan fingerprint density at radius 3 is 2.60 bits per heavy atom. The van der Waals surface area contributed by atoms with Crippen molar-refractivity contribution in [2.45, 2.75) is 26.3 Å². The molecule has 0 fully saturated rings. The van der Waals surface area contributed by atoms with Crippen molar-refractivity contribution in [2.75, 3.05) is 10.6 Å². The number of hydrogen-bond acceptors (Lipinski definition) is 6. The van der Waals surface area contributed by atoms with Crippen molar-refractivity contribution in [1.29, 1.82) is 0 Å². The van der Waals surface area contributed by atoms with Crippen LogP contribution < -0.4 is 27.7 Å². The van der Waals surface area contributed by atoms with E-state index in [4.69, 9.17) is 11.5 Å². The van der Waals surface area contributed by atoms with Gasteiger partial charge in [0.25, 0.3) is 11.5 Å². The molecule has 1 aromatic carbocycles. The van der Waals surface area contributed by atoms with E-state index in [0.717, 1.165) is 5.56 Å². The fourth-order valence-corrected chi connectivity index (χ4v) is 2.26. The van der Waals surface area contributed by atoms with Gasteiger partial charge in [0.1, 0.15) is 11.6 Å². The van der Waals surface area contributed by atoms with Crippen LogP contribution in [0.25, 0.3) is 0 Å². The Labute approximate surface area is 143 Å². The van der Waals surface area contributed by atoms with E-state index < -0.39 is 23.4 Å². The highest BCUT2D eigenvalue weighted by atomic mass is 16.2. The molecule has 0 aliphatic heterocycles. The van der Waals surface area contributed by atoms with Gasteiger partial charge in [-0.05, 0) is 31.0 Å². The van der Waals surface area contributed by atoms with E-state index in [9.17, 15) is 14.4 Å². The average Bonchev–Trinajstić information content (AvgIpc) is 2.51. The molecule has 0 aliphatic rings. The minimum absolute atomic E-state index is 0.0100. The van der Waals surface area contributed by atoms with E-state index in [1.54, 1.807) is 13.0 Å². The number of primary amides is 2. The Hall–Kier alpha value is -3.36. The van der Waals surface area contributed by atoms with Crippen molar-refractivity contribution >= 4 is 29.3 Å². The van der Waals surface area contributed by atoms with Crippen LogP contribution in [-0.2, 0) is 4.79 Å². The van der Waals surface area contributed by atoms with Gasteiger partial charge in [-0.1, -0.05) is 19.1 Å². The number of rotatable bonds is 7. The summed E-state index contributed by atoms with van der Waals surface area (Å²) in [7, 11) is 0. The van der Waals surface area contributed by atoms with Gasteiger partial charge < -0.3 is 22.1 Å². The van der Waals surface area contributed by atoms with Gasteiger partial charge in [-0.15, -0.1) is 0 Å². The molecule has 0 spiro atoms. The number of carbonyl (C=O) groups is 2. The van der Waals surface area contributed by atoms with Crippen molar-refractivity contribution in [2.24, 2.45) is 11.5 Å². The van der Waals surface area contributed by atoms with Gasteiger partial charge in [0.05, 0.1) is 0 Å². The highest BCUT2D eigenvalue weighted by Crippen LogP contribution is 2.19. The molecule has 25 heavy (non-hydrogen) atoms. The van der Waals surface area contributed by atoms with Gasteiger partial charge in [-0.25, -0.2) is 0 Å². The summed E-state index contributed by atoms with van der Waals surface area (Å²) in [4.78, 5) is 41.7. The lowest BCUT2D eigenvalue weighted by molar-refractivity contribution is -0.118. The zero-order valence-corrected chi connectivity index (χ0v) is 13.9. The standard InChI is InChI=1S/C16H20N6O3/c1-3-10(12(17)23)20-16-21-14(11(13(18)24)15(25)22-16)19-9-6-4-5-8(2)7-9/h4-7,10H,3H2,1-2H3,(H2,17,23)(H2,18,24)(H3,19,20,21,22,25). The number of aromatic nitrogens is 2. The van der Waals surface area contributed by atoms with Crippen LogP contribution >= 0.6 is 0 Å². The summed E-state index contributed by atoms with van der Waals surface area (Å²) >= 11 is 0. The highest BCUT2D eigenvalue weighted by Gasteiger charge is 2.19. The Bertz CT molecular complexity index is 861. The Morgan fingerprint density at radius 2 is 2.04 bits per heavy atom. The largest absolute Gasteiger partial charge is 0.368 e. The first-order valence-electron chi connectivity index (χ1n) is 7.65. The molecular weight excluding hydrogens is 324 g/mol. The maximum atomic E-state index is 12.2. The van der Waals surface area contributed by atoms with Gasteiger partial charge in [-0.3, -0.25) is 19.4 Å². The number of benzene rings is 1. The van der Waals surface area contributed by atoms with Crippen LogP contribution in [0.1, 0.15) is 29.3 Å². The summed E-state index contributed by atoms with van der Waals surface area (Å²) in [5, 5.41) is 5.65. The number of nitrogens with zero attached hydrogens (tertiary/aromatic N) is 1. The van der Waals surface area contributed by atoms with Crippen molar-refractivity contribution in [3.8, 4) is 0 Å². The number of aromatic amines is 1. The lowest BCUT2D eigenvalue weighted by Gasteiger charge is -2.15. The number of anilines is 3. The Balaban J connectivity index is 2.46. The van der Waals surface area contributed by atoms with Gasteiger partial charge in [0, 0.05) is 5.69 Å². The molecule has 1 heterocycles. The summed E-state index contributed by atoms with van der Waals surface area (Å²) in [6.45, 7) is 3.65. The van der Waals surface area contributed by atoms with Crippen molar-refractivity contribution < 1.29 is 9.59 Å². The number of H-pyrrole nitrogens is 1. The van der Waals surface area contributed by atoms with Crippen LogP contribution in [0.3, 0.4) is 0 Å².